The molecule has 0 amide bonds. The fourth-order valence-corrected chi connectivity index (χ4v) is 2.49. The number of nitrogens with two attached hydrogens (primary N) is 1. The van der Waals surface area contributed by atoms with Crippen LogP contribution in [0.15, 0.2) is 35.1 Å². The maximum atomic E-state index is 12.6. The molecule has 0 aromatic heterocycles. The zero-order chi connectivity index (χ0) is 16.0. The van der Waals surface area contributed by atoms with E-state index in [1.54, 1.807) is 0 Å². The van der Waals surface area contributed by atoms with Gasteiger partial charge in [-0.1, -0.05) is 39.3 Å². The molecule has 1 aliphatic rings. The minimum Gasteiger partial charge on any atom is -0.399 e. The average Bonchev–Trinajstić information content (AvgIpc) is 3.15. The second-order valence-electron chi connectivity index (χ2n) is 6.80. The third-order valence-electron chi connectivity index (χ3n) is 4.46. The predicted molar refractivity (Wildman–Crippen MR) is 90.8 cm³/mol. The lowest BCUT2D eigenvalue weighted by molar-refractivity contribution is -0.118. The molecule has 1 saturated carbocycles. The van der Waals surface area contributed by atoms with Crippen LogP contribution in [0.3, 0.4) is 0 Å². The lowest BCUT2D eigenvalue weighted by atomic mass is 9.89. The van der Waals surface area contributed by atoms with E-state index in [1.807, 2.05) is 25.2 Å². The smallest absolute Gasteiger partial charge is 0.165 e. The highest BCUT2D eigenvalue weighted by atomic mass is 16.1. The minimum absolute atomic E-state index is 0.0722. The number of Topliss-reactive ketones (excluding diaryl/α,β-unsaturated/α-hetero) is 1. The van der Waals surface area contributed by atoms with Crippen molar-refractivity contribution in [1.29, 1.82) is 0 Å². The highest BCUT2D eigenvalue weighted by Crippen LogP contribution is 2.50. The fraction of sp³-hybridized carbons (Fsp3) is 0.632. The van der Waals surface area contributed by atoms with Crippen LogP contribution in [-0.4, -0.2) is 5.78 Å². The number of hydrogen-bond donors (Lipinski definition) is 1. The van der Waals surface area contributed by atoms with Gasteiger partial charge >= 0.3 is 0 Å². The Hall–Kier alpha value is -1.31. The monoisotopic (exact) mass is 289 g/mol. The molecule has 0 aliphatic heterocycles. The number of carbonyl (C=O) groups is 1. The first kappa shape index (κ1) is 17.7. The third kappa shape index (κ3) is 5.53. The van der Waals surface area contributed by atoms with Gasteiger partial charge in [0, 0.05) is 17.2 Å². The van der Waals surface area contributed by atoms with E-state index in [1.165, 1.54) is 18.4 Å². The first-order chi connectivity index (χ1) is 9.83. The average molecular weight is 289 g/mol. The van der Waals surface area contributed by atoms with E-state index in [-0.39, 0.29) is 11.7 Å². The summed E-state index contributed by atoms with van der Waals surface area (Å²) in [5.41, 5.74) is 9.15. The molecular weight excluding hydrogens is 258 g/mol. The first-order valence-electron chi connectivity index (χ1n) is 8.20. The summed E-state index contributed by atoms with van der Waals surface area (Å²) < 4.78 is 0. The summed E-state index contributed by atoms with van der Waals surface area (Å²) in [5.74, 6) is 0.322. The Kier molecular flexibility index (Phi) is 6.44. The molecule has 0 aromatic carbocycles. The van der Waals surface area contributed by atoms with Gasteiger partial charge in [0.1, 0.15) is 0 Å². The molecule has 2 heteroatoms. The van der Waals surface area contributed by atoms with Crippen molar-refractivity contribution in [1.82, 2.24) is 0 Å². The second-order valence-corrected chi connectivity index (χ2v) is 6.80. The lowest BCUT2D eigenvalue weighted by Gasteiger charge is -2.15. The van der Waals surface area contributed by atoms with Gasteiger partial charge in [-0.05, 0) is 56.6 Å². The molecule has 2 N–H and O–H groups in total. The first-order valence-corrected chi connectivity index (χ1v) is 8.20. The Balaban J connectivity index is 3.01. The van der Waals surface area contributed by atoms with Crippen LogP contribution in [0.1, 0.15) is 66.7 Å². The van der Waals surface area contributed by atoms with Crippen LogP contribution in [0.2, 0.25) is 0 Å². The topological polar surface area (TPSA) is 43.1 Å². The summed E-state index contributed by atoms with van der Waals surface area (Å²) in [7, 11) is 0. The lowest BCUT2D eigenvalue weighted by Crippen LogP contribution is -2.14. The molecule has 0 radical (unpaired) electrons. The molecule has 0 spiro atoms. The van der Waals surface area contributed by atoms with Gasteiger partial charge in [0.15, 0.2) is 5.78 Å². The molecule has 1 aliphatic carbocycles. The molecule has 2 nitrogen and oxygen atoms in total. The molecule has 1 atom stereocenters. The Morgan fingerprint density at radius 2 is 1.90 bits per heavy atom. The van der Waals surface area contributed by atoms with Crippen LogP contribution in [0.5, 0.6) is 0 Å². The molecule has 1 fully saturated rings. The summed E-state index contributed by atoms with van der Waals surface area (Å²) in [6.07, 6.45) is 11.1. The van der Waals surface area contributed by atoms with Crippen molar-refractivity contribution < 1.29 is 4.79 Å². The van der Waals surface area contributed by atoms with Crippen molar-refractivity contribution in [3.8, 4) is 0 Å². The van der Waals surface area contributed by atoms with Gasteiger partial charge in [0.2, 0.25) is 0 Å². The molecule has 0 heterocycles. The highest BCUT2D eigenvalue weighted by molar-refractivity contribution is 6.00. The maximum absolute atomic E-state index is 12.6. The van der Waals surface area contributed by atoms with E-state index in [9.17, 15) is 4.79 Å². The molecule has 0 aromatic rings. The molecule has 1 unspecified atom stereocenters. The Labute approximate surface area is 130 Å². The van der Waals surface area contributed by atoms with E-state index in [0.29, 0.717) is 5.41 Å². The molecule has 0 saturated heterocycles. The van der Waals surface area contributed by atoms with Crippen LogP contribution in [-0.2, 0) is 4.79 Å². The number of ketones is 1. The van der Waals surface area contributed by atoms with Crippen molar-refractivity contribution in [3.63, 3.8) is 0 Å². The van der Waals surface area contributed by atoms with Gasteiger partial charge < -0.3 is 5.73 Å². The quantitative estimate of drug-likeness (QED) is 0.509. The molecular formula is C19H31NO. The van der Waals surface area contributed by atoms with E-state index in [2.05, 4.69) is 27.7 Å². The summed E-state index contributed by atoms with van der Waals surface area (Å²) >= 11 is 0. The Morgan fingerprint density at radius 3 is 2.38 bits per heavy atom. The summed E-state index contributed by atoms with van der Waals surface area (Å²) in [6.45, 7) is 10.5. The van der Waals surface area contributed by atoms with Gasteiger partial charge in [-0.3, -0.25) is 4.79 Å². The highest BCUT2D eigenvalue weighted by Gasteiger charge is 2.37. The van der Waals surface area contributed by atoms with Crippen molar-refractivity contribution in [3.05, 3.63) is 35.1 Å². The molecule has 118 valence electrons. The Bertz CT molecular complexity index is 464. The SMILES string of the molecule is CC/C=C(N)/C=C\C(C(=O)C(C)CC)=C(/C)CC1(C)CC1. The standard InChI is InChI=1S/C19H31NO/c1-6-8-16(20)9-10-17(18(21)14(3)7-2)15(4)13-19(5)11-12-19/h8-10,14H,6-7,11-13,20H2,1-5H3/b10-9-,16-8-,17-15-. The van der Waals surface area contributed by atoms with Gasteiger partial charge in [-0.25, -0.2) is 0 Å². The largest absolute Gasteiger partial charge is 0.399 e. The third-order valence-corrected chi connectivity index (χ3v) is 4.46. The van der Waals surface area contributed by atoms with E-state index < -0.39 is 0 Å². The second kappa shape index (κ2) is 7.63. The van der Waals surface area contributed by atoms with Crippen molar-refractivity contribution >= 4 is 5.78 Å². The number of carbonyl (C=O) groups excluding carboxylic acids is 1. The van der Waals surface area contributed by atoms with Crippen LogP contribution in [0, 0.1) is 11.3 Å². The summed E-state index contributed by atoms with van der Waals surface area (Å²) in [6, 6.07) is 0. The van der Waals surface area contributed by atoms with Crippen molar-refractivity contribution in [2.45, 2.75) is 66.7 Å². The number of allylic oxidation sites excluding steroid dienone is 5. The molecule has 21 heavy (non-hydrogen) atoms. The van der Waals surface area contributed by atoms with Gasteiger partial charge in [-0.15, -0.1) is 0 Å². The maximum Gasteiger partial charge on any atom is 0.165 e. The van der Waals surface area contributed by atoms with Crippen LogP contribution in [0.25, 0.3) is 0 Å². The van der Waals surface area contributed by atoms with E-state index in [0.717, 1.165) is 30.5 Å². The van der Waals surface area contributed by atoms with Gasteiger partial charge in [0.05, 0.1) is 0 Å². The van der Waals surface area contributed by atoms with Gasteiger partial charge in [0.25, 0.3) is 0 Å². The van der Waals surface area contributed by atoms with Crippen molar-refractivity contribution in [2.75, 3.05) is 0 Å². The Morgan fingerprint density at radius 1 is 1.29 bits per heavy atom. The molecule has 0 bridgehead atoms. The zero-order valence-corrected chi connectivity index (χ0v) is 14.3. The van der Waals surface area contributed by atoms with Gasteiger partial charge in [-0.2, -0.15) is 0 Å². The van der Waals surface area contributed by atoms with Crippen LogP contribution < -0.4 is 5.73 Å². The zero-order valence-electron chi connectivity index (χ0n) is 14.3. The number of hydrogen-bond acceptors (Lipinski definition) is 2. The number of rotatable bonds is 8. The fourth-order valence-electron chi connectivity index (χ4n) is 2.49. The van der Waals surface area contributed by atoms with Crippen LogP contribution >= 0.6 is 0 Å². The normalized spacial score (nSPS) is 20.3. The predicted octanol–water partition coefficient (Wildman–Crippen LogP) is 4.92. The van der Waals surface area contributed by atoms with Crippen molar-refractivity contribution in [2.24, 2.45) is 17.1 Å². The summed E-state index contributed by atoms with van der Waals surface area (Å²) in [4.78, 5) is 12.6. The van der Waals surface area contributed by atoms with E-state index in [4.69, 9.17) is 5.73 Å². The molecule has 1 rings (SSSR count). The van der Waals surface area contributed by atoms with E-state index >= 15 is 0 Å². The summed E-state index contributed by atoms with van der Waals surface area (Å²) in [5, 5.41) is 0. The van der Waals surface area contributed by atoms with Crippen LogP contribution in [0.4, 0.5) is 0 Å². The minimum atomic E-state index is 0.0722.